The van der Waals surface area contributed by atoms with Crippen LogP contribution in [0.3, 0.4) is 0 Å². The van der Waals surface area contributed by atoms with Gasteiger partial charge in [-0.15, -0.1) is 0 Å². The Morgan fingerprint density at radius 3 is 2.65 bits per heavy atom. The molecular weight excluding hydrogens is 260 g/mol. The first-order valence-corrected chi connectivity index (χ1v) is 5.87. The molecule has 1 aliphatic rings. The van der Waals surface area contributed by atoms with E-state index in [1.807, 2.05) is 0 Å². The first-order valence-electron chi connectivity index (χ1n) is 5.87. The molecule has 0 bridgehead atoms. The maximum atomic E-state index is 12.0. The number of aryl methyl sites for hydroxylation is 1. The predicted octanol–water partition coefficient (Wildman–Crippen LogP) is 0.854. The highest BCUT2D eigenvalue weighted by molar-refractivity contribution is 6.22. The Hall–Kier alpha value is -2.96. The monoisotopic (exact) mass is 270 g/mol. The number of nitrogens with one attached hydrogen (secondary N) is 3. The lowest BCUT2D eigenvalue weighted by atomic mass is 10.1. The first kappa shape index (κ1) is 12.1. The van der Waals surface area contributed by atoms with Crippen molar-refractivity contribution in [3.05, 3.63) is 46.8 Å². The van der Waals surface area contributed by atoms with Crippen LogP contribution < -0.4 is 10.6 Å². The molecule has 1 aliphatic heterocycles. The van der Waals surface area contributed by atoms with Crippen molar-refractivity contribution < 1.29 is 14.4 Å². The van der Waals surface area contributed by atoms with E-state index in [9.17, 15) is 14.4 Å². The second-order valence-electron chi connectivity index (χ2n) is 4.41. The SMILES string of the molecule is Cc1[nH]ncc1C(=O)Nc1ccc2c(c1)C(=O)NC2=O. The van der Waals surface area contributed by atoms with Crippen LogP contribution in [0.4, 0.5) is 5.69 Å². The Kier molecular flexibility index (Phi) is 2.60. The normalized spacial score (nSPS) is 13.1. The van der Waals surface area contributed by atoms with Gasteiger partial charge in [0.25, 0.3) is 17.7 Å². The number of amides is 3. The topological polar surface area (TPSA) is 104 Å². The fourth-order valence-electron chi connectivity index (χ4n) is 2.02. The number of carbonyl (C=O) groups is 3. The molecule has 3 N–H and O–H groups in total. The van der Waals surface area contributed by atoms with Crippen LogP contribution >= 0.6 is 0 Å². The summed E-state index contributed by atoms with van der Waals surface area (Å²) in [5, 5.41) is 11.3. The van der Waals surface area contributed by atoms with E-state index < -0.39 is 11.8 Å². The van der Waals surface area contributed by atoms with E-state index in [-0.39, 0.29) is 11.5 Å². The van der Waals surface area contributed by atoms with Crippen LogP contribution in [-0.2, 0) is 0 Å². The van der Waals surface area contributed by atoms with E-state index in [0.717, 1.165) is 0 Å². The zero-order chi connectivity index (χ0) is 14.3. The molecule has 7 nitrogen and oxygen atoms in total. The van der Waals surface area contributed by atoms with E-state index in [1.165, 1.54) is 18.3 Å². The molecule has 0 spiro atoms. The molecule has 2 aromatic rings. The first-order chi connectivity index (χ1) is 9.56. The van der Waals surface area contributed by atoms with Crippen LogP contribution in [0.5, 0.6) is 0 Å². The third-order valence-corrected chi connectivity index (χ3v) is 3.07. The molecule has 0 fully saturated rings. The Bertz CT molecular complexity index is 748. The molecule has 1 aromatic carbocycles. The summed E-state index contributed by atoms with van der Waals surface area (Å²) in [6, 6.07) is 4.56. The van der Waals surface area contributed by atoms with Crippen LogP contribution in [0, 0.1) is 6.92 Å². The molecule has 0 saturated carbocycles. The largest absolute Gasteiger partial charge is 0.322 e. The number of nitrogens with zero attached hydrogens (tertiary/aromatic N) is 1. The minimum Gasteiger partial charge on any atom is -0.322 e. The summed E-state index contributed by atoms with van der Waals surface area (Å²) in [6.45, 7) is 1.73. The minimum absolute atomic E-state index is 0.261. The summed E-state index contributed by atoms with van der Waals surface area (Å²) < 4.78 is 0. The Morgan fingerprint density at radius 2 is 1.95 bits per heavy atom. The third-order valence-electron chi connectivity index (χ3n) is 3.07. The van der Waals surface area contributed by atoms with Gasteiger partial charge in [-0.3, -0.25) is 24.8 Å². The summed E-state index contributed by atoms with van der Waals surface area (Å²) in [5.74, 6) is -1.21. The summed E-state index contributed by atoms with van der Waals surface area (Å²) in [4.78, 5) is 34.9. The number of H-pyrrole nitrogens is 1. The van der Waals surface area contributed by atoms with Crippen molar-refractivity contribution in [2.45, 2.75) is 6.92 Å². The highest BCUT2D eigenvalue weighted by atomic mass is 16.2. The predicted molar refractivity (Wildman–Crippen MR) is 69.5 cm³/mol. The lowest BCUT2D eigenvalue weighted by Crippen LogP contribution is -2.19. The number of hydrogen-bond donors (Lipinski definition) is 3. The van der Waals surface area contributed by atoms with Crippen LogP contribution in [-0.4, -0.2) is 27.9 Å². The molecule has 0 unspecified atom stereocenters. The van der Waals surface area contributed by atoms with Crippen molar-refractivity contribution in [2.75, 3.05) is 5.32 Å². The molecular formula is C13H10N4O3. The summed E-state index contributed by atoms with van der Waals surface area (Å²) in [7, 11) is 0. The van der Waals surface area contributed by atoms with Crippen LogP contribution in [0.2, 0.25) is 0 Å². The van der Waals surface area contributed by atoms with Crippen molar-refractivity contribution in [2.24, 2.45) is 0 Å². The quantitative estimate of drug-likeness (QED) is 0.704. The molecule has 7 heteroatoms. The molecule has 0 saturated heterocycles. The average molecular weight is 270 g/mol. The van der Waals surface area contributed by atoms with Gasteiger partial charge in [-0.05, 0) is 25.1 Å². The lowest BCUT2D eigenvalue weighted by molar-refractivity contribution is 0.0878. The van der Waals surface area contributed by atoms with E-state index in [2.05, 4.69) is 20.8 Å². The Balaban J connectivity index is 1.88. The average Bonchev–Trinajstić information content (AvgIpc) is 2.95. The number of imide groups is 1. The molecule has 0 aliphatic carbocycles. The second kappa shape index (κ2) is 4.30. The molecule has 2 heterocycles. The fraction of sp³-hybridized carbons (Fsp3) is 0.0769. The minimum atomic E-state index is -0.458. The number of aromatic nitrogens is 2. The van der Waals surface area contributed by atoms with Crippen molar-refractivity contribution in [1.29, 1.82) is 0 Å². The number of anilines is 1. The van der Waals surface area contributed by atoms with Gasteiger partial charge in [-0.1, -0.05) is 0 Å². The van der Waals surface area contributed by atoms with E-state index in [4.69, 9.17) is 0 Å². The Labute approximate surface area is 113 Å². The summed E-state index contributed by atoms with van der Waals surface area (Å²) in [6.07, 6.45) is 1.42. The van der Waals surface area contributed by atoms with Crippen molar-refractivity contribution in [3.8, 4) is 0 Å². The zero-order valence-electron chi connectivity index (χ0n) is 10.5. The van der Waals surface area contributed by atoms with Gasteiger partial charge in [0.05, 0.1) is 22.9 Å². The number of rotatable bonds is 2. The van der Waals surface area contributed by atoms with Gasteiger partial charge in [0.1, 0.15) is 0 Å². The number of hydrogen-bond acceptors (Lipinski definition) is 4. The van der Waals surface area contributed by atoms with E-state index in [0.29, 0.717) is 22.5 Å². The summed E-state index contributed by atoms with van der Waals surface area (Å²) in [5.41, 5.74) is 2.09. The van der Waals surface area contributed by atoms with Gasteiger partial charge in [0, 0.05) is 11.4 Å². The van der Waals surface area contributed by atoms with Crippen LogP contribution in [0.1, 0.15) is 36.8 Å². The molecule has 0 atom stereocenters. The molecule has 0 radical (unpaired) electrons. The van der Waals surface area contributed by atoms with Gasteiger partial charge < -0.3 is 5.32 Å². The van der Waals surface area contributed by atoms with Gasteiger partial charge in [-0.2, -0.15) is 5.10 Å². The molecule has 20 heavy (non-hydrogen) atoms. The maximum Gasteiger partial charge on any atom is 0.259 e. The molecule has 1 aromatic heterocycles. The van der Waals surface area contributed by atoms with Gasteiger partial charge in [0.15, 0.2) is 0 Å². The highest BCUT2D eigenvalue weighted by Gasteiger charge is 2.26. The number of carbonyl (C=O) groups excluding carboxylic acids is 3. The molecule has 3 rings (SSSR count). The third kappa shape index (κ3) is 1.85. The lowest BCUT2D eigenvalue weighted by Gasteiger charge is -2.05. The van der Waals surface area contributed by atoms with Crippen molar-refractivity contribution in [1.82, 2.24) is 15.5 Å². The fourth-order valence-corrected chi connectivity index (χ4v) is 2.02. The number of fused-ring (bicyclic) bond motifs is 1. The number of aromatic amines is 1. The van der Waals surface area contributed by atoms with E-state index in [1.54, 1.807) is 13.0 Å². The zero-order valence-corrected chi connectivity index (χ0v) is 10.5. The maximum absolute atomic E-state index is 12.0. The van der Waals surface area contributed by atoms with Gasteiger partial charge in [0.2, 0.25) is 0 Å². The number of benzene rings is 1. The van der Waals surface area contributed by atoms with Gasteiger partial charge >= 0.3 is 0 Å². The standard InChI is InChI=1S/C13H10N4O3/c1-6-10(5-14-17-6)13(20)15-7-2-3-8-9(4-7)12(19)16-11(8)18/h2-5H,1H3,(H,14,17)(H,15,20)(H,16,18,19). The van der Waals surface area contributed by atoms with E-state index >= 15 is 0 Å². The van der Waals surface area contributed by atoms with Crippen LogP contribution in [0.15, 0.2) is 24.4 Å². The van der Waals surface area contributed by atoms with Crippen molar-refractivity contribution >= 4 is 23.4 Å². The second-order valence-corrected chi connectivity index (χ2v) is 4.41. The highest BCUT2D eigenvalue weighted by Crippen LogP contribution is 2.20. The molecule has 3 amide bonds. The Morgan fingerprint density at radius 1 is 1.20 bits per heavy atom. The summed E-state index contributed by atoms with van der Waals surface area (Å²) >= 11 is 0. The van der Waals surface area contributed by atoms with Crippen molar-refractivity contribution in [3.63, 3.8) is 0 Å². The van der Waals surface area contributed by atoms with Crippen LogP contribution in [0.25, 0.3) is 0 Å². The molecule has 100 valence electrons. The smallest absolute Gasteiger partial charge is 0.259 e. The van der Waals surface area contributed by atoms with Gasteiger partial charge in [-0.25, -0.2) is 0 Å².